The van der Waals surface area contributed by atoms with Crippen LogP contribution >= 0.6 is 0 Å². The normalized spacial score (nSPS) is 11.5. The lowest BCUT2D eigenvalue weighted by molar-refractivity contribution is -0.660. The Morgan fingerprint density at radius 3 is 2.12 bits per heavy atom. The van der Waals surface area contributed by atoms with E-state index in [1.54, 1.807) is 0 Å². The summed E-state index contributed by atoms with van der Waals surface area (Å²) in [5.41, 5.74) is 7.93. The zero-order valence-electron chi connectivity index (χ0n) is 15.3. The highest BCUT2D eigenvalue weighted by atomic mass is 14.9. The summed E-state index contributed by atoms with van der Waals surface area (Å²) in [6.45, 7) is 8.99. The van der Waals surface area contributed by atoms with Crippen molar-refractivity contribution < 1.29 is 4.57 Å². The van der Waals surface area contributed by atoms with Crippen LogP contribution in [0.3, 0.4) is 0 Å². The molecule has 1 heterocycles. The molecule has 0 bridgehead atoms. The van der Waals surface area contributed by atoms with Gasteiger partial charge in [0.15, 0.2) is 6.20 Å². The number of pyridine rings is 1. The molecule has 0 amide bonds. The van der Waals surface area contributed by atoms with Crippen molar-refractivity contribution in [2.45, 2.75) is 33.1 Å². The van der Waals surface area contributed by atoms with E-state index in [2.05, 4.69) is 106 Å². The largest absolute Gasteiger partial charge is 0.213 e. The fourth-order valence-electron chi connectivity index (χ4n) is 3.07. The SMILES string of the molecule is Cc1cc(C(C)(C)C)ccc1-c1cc(-c2ccccc2)cc[n+]1C. The third-order valence-electron chi connectivity index (χ3n) is 4.63. The second-order valence-corrected chi connectivity index (χ2v) is 7.56. The summed E-state index contributed by atoms with van der Waals surface area (Å²) in [7, 11) is 2.11. The maximum atomic E-state index is 2.32. The van der Waals surface area contributed by atoms with Crippen molar-refractivity contribution in [3.8, 4) is 22.4 Å². The molecule has 0 fully saturated rings. The van der Waals surface area contributed by atoms with Crippen molar-refractivity contribution in [3.05, 3.63) is 78.0 Å². The predicted octanol–water partition coefficient (Wildman–Crippen LogP) is 5.45. The molecule has 0 saturated heterocycles. The first-order valence-electron chi connectivity index (χ1n) is 8.53. The van der Waals surface area contributed by atoms with Gasteiger partial charge in [0.2, 0.25) is 5.69 Å². The molecular weight excluding hydrogens is 290 g/mol. The standard InChI is InChI=1S/C23H26N/c1-17-15-20(23(2,3)4)11-12-21(17)22-16-19(13-14-24(22)5)18-9-7-6-8-10-18/h6-16H,1-5H3/q+1. The predicted molar refractivity (Wildman–Crippen MR) is 102 cm³/mol. The van der Waals surface area contributed by atoms with Gasteiger partial charge < -0.3 is 0 Å². The van der Waals surface area contributed by atoms with E-state index in [0.717, 1.165) is 0 Å². The number of nitrogens with zero attached hydrogens (tertiary/aromatic N) is 1. The summed E-state index contributed by atoms with van der Waals surface area (Å²) < 4.78 is 2.20. The molecule has 1 aromatic heterocycles. The summed E-state index contributed by atoms with van der Waals surface area (Å²) in [4.78, 5) is 0. The van der Waals surface area contributed by atoms with Crippen molar-refractivity contribution >= 4 is 0 Å². The van der Waals surface area contributed by atoms with E-state index in [1.807, 2.05) is 0 Å². The maximum absolute atomic E-state index is 2.32. The van der Waals surface area contributed by atoms with E-state index in [1.165, 1.54) is 33.5 Å². The van der Waals surface area contributed by atoms with Crippen LogP contribution in [0, 0.1) is 6.92 Å². The Morgan fingerprint density at radius 1 is 0.792 bits per heavy atom. The van der Waals surface area contributed by atoms with Gasteiger partial charge in [-0.05, 0) is 40.7 Å². The van der Waals surface area contributed by atoms with E-state index in [4.69, 9.17) is 0 Å². The molecular formula is C23H26N+. The van der Waals surface area contributed by atoms with Crippen molar-refractivity contribution in [2.24, 2.45) is 7.05 Å². The van der Waals surface area contributed by atoms with E-state index in [0.29, 0.717) is 0 Å². The van der Waals surface area contributed by atoms with Gasteiger partial charge >= 0.3 is 0 Å². The topological polar surface area (TPSA) is 3.88 Å². The van der Waals surface area contributed by atoms with Gasteiger partial charge in [0, 0.05) is 17.7 Å². The minimum Gasteiger partial charge on any atom is -0.201 e. The van der Waals surface area contributed by atoms with Crippen LogP contribution in [0.1, 0.15) is 31.9 Å². The Morgan fingerprint density at radius 2 is 1.50 bits per heavy atom. The van der Waals surface area contributed by atoms with Crippen LogP contribution in [0.25, 0.3) is 22.4 Å². The van der Waals surface area contributed by atoms with Gasteiger partial charge in [-0.25, -0.2) is 4.57 Å². The van der Waals surface area contributed by atoms with Crippen molar-refractivity contribution in [2.75, 3.05) is 0 Å². The van der Waals surface area contributed by atoms with Gasteiger partial charge in [-0.2, -0.15) is 0 Å². The van der Waals surface area contributed by atoms with Gasteiger partial charge in [0.25, 0.3) is 0 Å². The number of hydrogen-bond donors (Lipinski definition) is 0. The molecule has 1 heteroatoms. The van der Waals surface area contributed by atoms with Crippen molar-refractivity contribution in [1.82, 2.24) is 0 Å². The first kappa shape index (κ1) is 16.4. The van der Waals surface area contributed by atoms with Crippen LogP contribution in [0.5, 0.6) is 0 Å². The summed E-state index contributed by atoms with van der Waals surface area (Å²) >= 11 is 0. The summed E-state index contributed by atoms with van der Waals surface area (Å²) in [6, 6.07) is 21.9. The van der Waals surface area contributed by atoms with Crippen molar-refractivity contribution in [1.29, 1.82) is 0 Å². The van der Waals surface area contributed by atoms with E-state index in [9.17, 15) is 0 Å². The Hall–Kier alpha value is -2.41. The molecule has 0 saturated carbocycles. The Bertz CT molecular complexity index is 855. The second-order valence-electron chi connectivity index (χ2n) is 7.56. The summed E-state index contributed by atoms with van der Waals surface area (Å²) in [5.74, 6) is 0. The number of benzene rings is 2. The molecule has 3 rings (SSSR count). The lowest BCUT2D eigenvalue weighted by atomic mass is 9.85. The van der Waals surface area contributed by atoms with Gasteiger partial charge in [-0.1, -0.05) is 63.2 Å². The lowest BCUT2D eigenvalue weighted by Crippen LogP contribution is -2.30. The molecule has 0 unspecified atom stereocenters. The first-order chi connectivity index (χ1) is 11.4. The van der Waals surface area contributed by atoms with Gasteiger partial charge in [0.05, 0.1) is 0 Å². The number of hydrogen-bond acceptors (Lipinski definition) is 0. The molecule has 24 heavy (non-hydrogen) atoms. The minimum absolute atomic E-state index is 0.178. The summed E-state index contributed by atoms with van der Waals surface area (Å²) in [6.07, 6.45) is 2.15. The molecule has 0 N–H and O–H groups in total. The van der Waals surface area contributed by atoms with Crippen LogP contribution in [-0.4, -0.2) is 0 Å². The van der Waals surface area contributed by atoms with Gasteiger partial charge in [0.1, 0.15) is 7.05 Å². The van der Waals surface area contributed by atoms with Crippen LogP contribution in [0.2, 0.25) is 0 Å². The first-order valence-corrected chi connectivity index (χ1v) is 8.53. The fourth-order valence-corrected chi connectivity index (χ4v) is 3.07. The molecule has 0 aliphatic heterocycles. The number of rotatable bonds is 2. The van der Waals surface area contributed by atoms with Crippen molar-refractivity contribution in [3.63, 3.8) is 0 Å². The highest BCUT2D eigenvalue weighted by Gasteiger charge is 2.18. The quantitative estimate of drug-likeness (QED) is 0.553. The van der Waals surface area contributed by atoms with Gasteiger partial charge in [-0.3, -0.25) is 0 Å². The van der Waals surface area contributed by atoms with Gasteiger partial charge in [-0.15, -0.1) is 0 Å². The molecule has 0 aliphatic carbocycles. The average molecular weight is 316 g/mol. The second kappa shape index (κ2) is 6.24. The third-order valence-corrected chi connectivity index (χ3v) is 4.63. The molecule has 0 spiro atoms. The zero-order chi connectivity index (χ0) is 17.3. The molecule has 2 aromatic carbocycles. The highest BCUT2D eigenvalue weighted by molar-refractivity contribution is 5.70. The minimum atomic E-state index is 0.178. The fraction of sp³-hybridized carbons (Fsp3) is 0.261. The molecule has 0 radical (unpaired) electrons. The molecule has 3 aromatic rings. The molecule has 0 atom stereocenters. The monoisotopic (exact) mass is 316 g/mol. The van der Waals surface area contributed by atoms with Crippen LogP contribution in [0.15, 0.2) is 66.9 Å². The Balaban J connectivity index is 2.10. The number of aryl methyl sites for hydroxylation is 2. The third kappa shape index (κ3) is 3.26. The van der Waals surface area contributed by atoms with Crippen LogP contribution in [-0.2, 0) is 12.5 Å². The van der Waals surface area contributed by atoms with Crippen LogP contribution < -0.4 is 4.57 Å². The Labute approximate surface area is 145 Å². The van der Waals surface area contributed by atoms with Crippen LogP contribution in [0.4, 0.5) is 0 Å². The van der Waals surface area contributed by atoms with E-state index in [-0.39, 0.29) is 5.41 Å². The summed E-state index contributed by atoms with van der Waals surface area (Å²) in [5, 5.41) is 0. The van der Waals surface area contributed by atoms with E-state index < -0.39 is 0 Å². The maximum Gasteiger partial charge on any atom is 0.213 e. The zero-order valence-corrected chi connectivity index (χ0v) is 15.3. The highest BCUT2D eigenvalue weighted by Crippen LogP contribution is 2.29. The lowest BCUT2D eigenvalue weighted by Gasteiger charge is -2.20. The average Bonchev–Trinajstić information content (AvgIpc) is 2.55. The molecule has 0 aliphatic rings. The smallest absolute Gasteiger partial charge is 0.201 e. The van der Waals surface area contributed by atoms with E-state index >= 15 is 0 Å². The Kier molecular flexibility index (Phi) is 4.28. The molecule has 1 nitrogen and oxygen atoms in total. The number of aromatic nitrogens is 1. The molecule has 122 valence electrons.